The van der Waals surface area contributed by atoms with Crippen LogP contribution in [0.1, 0.15) is 42.6 Å². The van der Waals surface area contributed by atoms with Crippen molar-refractivity contribution < 1.29 is 13.2 Å². The van der Waals surface area contributed by atoms with Crippen LogP contribution in [0, 0.1) is 0 Å². The first-order chi connectivity index (χ1) is 16.2. The fourth-order valence-corrected chi connectivity index (χ4v) is 5.65. The maximum Gasteiger partial charge on any atom is 0.449 e. The predicted octanol–water partition coefficient (Wildman–Crippen LogP) is 3.97. The topological polar surface area (TPSA) is 63.4 Å². The molecule has 3 aromatic rings. The van der Waals surface area contributed by atoms with Gasteiger partial charge in [0.05, 0.1) is 17.2 Å². The van der Waals surface area contributed by atoms with Crippen molar-refractivity contribution in [2.75, 3.05) is 0 Å². The van der Waals surface area contributed by atoms with Gasteiger partial charge in [0.2, 0.25) is 5.84 Å². The second-order valence-corrected chi connectivity index (χ2v) is 9.34. The van der Waals surface area contributed by atoms with Gasteiger partial charge in [0.15, 0.2) is 0 Å². The minimum Gasteiger partial charge on any atom is -0.347 e. The molecule has 1 saturated heterocycles. The van der Waals surface area contributed by atoms with E-state index < -0.39 is 18.1 Å². The molecule has 6 nitrogen and oxygen atoms in total. The molecule has 1 aromatic carbocycles. The van der Waals surface area contributed by atoms with Crippen LogP contribution in [-0.2, 0) is 13.5 Å². The van der Waals surface area contributed by atoms with E-state index >= 15 is 0 Å². The Kier molecular flexibility index (Phi) is 4.58. The zero-order chi connectivity index (χ0) is 23.8. The van der Waals surface area contributed by atoms with Gasteiger partial charge in [0, 0.05) is 55.1 Å². The molecule has 3 atom stereocenters. The summed E-state index contributed by atoms with van der Waals surface area (Å²) in [6.45, 7) is 1.58. The lowest BCUT2D eigenvalue weighted by molar-refractivity contribution is -0.0616. The van der Waals surface area contributed by atoms with Gasteiger partial charge in [0.1, 0.15) is 0 Å². The molecular formula is C25H24F3N5O. The van der Waals surface area contributed by atoms with Crippen LogP contribution in [0.15, 0.2) is 52.5 Å². The second kappa shape index (κ2) is 7.33. The highest BCUT2D eigenvalue weighted by Gasteiger charge is 2.38. The molecular weight excluding hydrogens is 443 g/mol. The van der Waals surface area contributed by atoms with Crippen LogP contribution in [0.5, 0.6) is 0 Å². The Labute approximate surface area is 193 Å². The zero-order valence-corrected chi connectivity index (χ0v) is 18.8. The standard InChI is InChI=1S/C25H24F3N5O/c1-13-18(12-29-24(30-13)25(26,27)28)14-7-8-33(22(34)9-14)16-4-5-17-20(11-16)32(2)21-10-15-3-6-19(31-15)23(17)21/h4-5,7-9,11-13,15,19,31H,3,6,10H2,1-2H3,(H,29,30). The number of halogens is 3. The third-order valence-electron chi connectivity index (χ3n) is 7.31. The average Bonchev–Trinajstić information content (AvgIpc) is 3.31. The van der Waals surface area contributed by atoms with Gasteiger partial charge in [-0.2, -0.15) is 13.2 Å². The molecule has 2 bridgehead atoms. The van der Waals surface area contributed by atoms with Crippen molar-refractivity contribution in [2.24, 2.45) is 12.0 Å². The Bertz CT molecular complexity index is 1450. The number of fused-ring (bicyclic) bond motifs is 6. The van der Waals surface area contributed by atoms with E-state index in [9.17, 15) is 18.0 Å². The molecule has 3 unspecified atom stereocenters. The molecule has 2 aromatic heterocycles. The molecule has 34 heavy (non-hydrogen) atoms. The summed E-state index contributed by atoms with van der Waals surface area (Å²) >= 11 is 0. The number of nitrogens with one attached hydrogen (secondary N) is 2. The van der Waals surface area contributed by atoms with Crippen molar-refractivity contribution in [1.82, 2.24) is 19.8 Å². The molecule has 0 aliphatic carbocycles. The zero-order valence-electron chi connectivity index (χ0n) is 18.8. The summed E-state index contributed by atoms with van der Waals surface area (Å²) in [5, 5.41) is 7.14. The number of aryl methyl sites for hydroxylation is 1. The number of nitrogens with zero attached hydrogens (tertiary/aromatic N) is 3. The predicted molar refractivity (Wildman–Crippen MR) is 125 cm³/mol. The SMILES string of the molecule is CC1N=C(C(F)(F)F)NC=C1c1ccn(-c2ccc3c4c(n(C)c3c2)CC2CCC4N2)c(=O)c1. The molecule has 1 fully saturated rings. The highest BCUT2D eigenvalue weighted by molar-refractivity contribution is 5.93. The van der Waals surface area contributed by atoms with Crippen LogP contribution in [0.2, 0.25) is 0 Å². The maximum absolute atomic E-state index is 13.0. The van der Waals surface area contributed by atoms with Crippen LogP contribution in [0.25, 0.3) is 22.2 Å². The Balaban J connectivity index is 1.35. The maximum atomic E-state index is 13.0. The van der Waals surface area contributed by atoms with E-state index in [4.69, 9.17) is 0 Å². The second-order valence-electron chi connectivity index (χ2n) is 9.34. The average molecular weight is 467 g/mol. The molecule has 3 aliphatic heterocycles. The molecule has 176 valence electrons. The Morgan fingerprint density at radius 1 is 1.15 bits per heavy atom. The smallest absolute Gasteiger partial charge is 0.347 e. The fourth-order valence-electron chi connectivity index (χ4n) is 5.65. The first-order valence-corrected chi connectivity index (χ1v) is 11.4. The van der Waals surface area contributed by atoms with E-state index in [0.29, 0.717) is 23.2 Å². The lowest BCUT2D eigenvalue weighted by atomic mass is 9.99. The number of alkyl halides is 3. The van der Waals surface area contributed by atoms with Crippen molar-refractivity contribution in [3.8, 4) is 5.69 Å². The minimum absolute atomic E-state index is 0.254. The Morgan fingerprint density at radius 3 is 2.71 bits per heavy atom. The van der Waals surface area contributed by atoms with Gasteiger partial charge in [-0.3, -0.25) is 14.4 Å². The van der Waals surface area contributed by atoms with E-state index in [1.165, 1.54) is 35.3 Å². The normalized spacial score (nSPS) is 24.0. The summed E-state index contributed by atoms with van der Waals surface area (Å²) < 4.78 is 42.6. The summed E-state index contributed by atoms with van der Waals surface area (Å²) in [4.78, 5) is 16.7. The Morgan fingerprint density at radius 2 is 1.97 bits per heavy atom. The largest absolute Gasteiger partial charge is 0.449 e. The molecule has 3 aliphatic rings. The summed E-state index contributed by atoms with van der Waals surface area (Å²) in [6.07, 6.45) is 1.78. The number of pyridine rings is 1. The van der Waals surface area contributed by atoms with Crippen LogP contribution in [0.4, 0.5) is 13.2 Å². The number of hydrogen-bond acceptors (Lipinski definition) is 4. The van der Waals surface area contributed by atoms with Crippen molar-refractivity contribution in [1.29, 1.82) is 0 Å². The fraction of sp³-hybridized carbons (Fsp3) is 0.360. The first-order valence-electron chi connectivity index (χ1n) is 11.4. The van der Waals surface area contributed by atoms with Gasteiger partial charge < -0.3 is 15.2 Å². The highest BCUT2D eigenvalue weighted by Crippen LogP contribution is 2.41. The van der Waals surface area contributed by atoms with Crippen LogP contribution >= 0.6 is 0 Å². The molecule has 5 heterocycles. The number of rotatable bonds is 2. The number of benzene rings is 1. The van der Waals surface area contributed by atoms with E-state index in [0.717, 1.165) is 24.0 Å². The number of amidine groups is 1. The van der Waals surface area contributed by atoms with Gasteiger partial charge in [-0.05, 0) is 54.7 Å². The van der Waals surface area contributed by atoms with Gasteiger partial charge in [0.25, 0.3) is 5.56 Å². The number of aromatic nitrogens is 2. The van der Waals surface area contributed by atoms with Crippen LogP contribution < -0.4 is 16.2 Å². The Hall–Kier alpha value is -3.33. The van der Waals surface area contributed by atoms with Gasteiger partial charge in [-0.1, -0.05) is 6.07 Å². The molecule has 0 saturated carbocycles. The molecule has 0 spiro atoms. The van der Waals surface area contributed by atoms with E-state index in [1.807, 2.05) is 12.1 Å². The molecule has 2 N–H and O–H groups in total. The molecule has 6 rings (SSSR count). The molecule has 0 amide bonds. The van der Waals surface area contributed by atoms with E-state index in [1.54, 1.807) is 23.8 Å². The van der Waals surface area contributed by atoms with Crippen molar-refractivity contribution >= 4 is 22.3 Å². The highest BCUT2D eigenvalue weighted by atomic mass is 19.4. The molecule has 0 radical (unpaired) electrons. The summed E-state index contributed by atoms with van der Waals surface area (Å²) in [5.41, 5.74) is 5.41. The van der Waals surface area contributed by atoms with Gasteiger partial charge >= 0.3 is 6.18 Å². The summed E-state index contributed by atoms with van der Waals surface area (Å²) in [7, 11) is 2.08. The third kappa shape index (κ3) is 3.21. The number of aliphatic imine (C=N–C) groups is 1. The monoisotopic (exact) mass is 467 g/mol. The summed E-state index contributed by atoms with van der Waals surface area (Å²) in [5.74, 6) is -1.03. The lowest BCUT2D eigenvalue weighted by Crippen LogP contribution is -2.38. The van der Waals surface area contributed by atoms with Crippen molar-refractivity contribution in [3.05, 3.63) is 69.9 Å². The van der Waals surface area contributed by atoms with Crippen molar-refractivity contribution in [3.63, 3.8) is 0 Å². The van der Waals surface area contributed by atoms with Crippen molar-refractivity contribution in [2.45, 2.75) is 50.5 Å². The molecule has 9 heteroatoms. The van der Waals surface area contributed by atoms with E-state index in [-0.39, 0.29) is 5.56 Å². The van der Waals surface area contributed by atoms with E-state index in [2.05, 4.69) is 33.3 Å². The quantitative estimate of drug-likeness (QED) is 0.600. The first kappa shape index (κ1) is 21.2. The van der Waals surface area contributed by atoms with Gasteiger partial charge in [-0.15, -0.1) is 0 Å². The minimum atomic E-state index is -4.54. The van der Waals surface area contributed by atoms with Crippen LogP contribution in [-0.4, -0.2) is 33.2 Å². The lowest BCUT2D eigenvalue weighted by Gasteiger charge is -2.23. The summed E-state index contributed by atoms with van der Waals surface area (Å²) in [6, 6.07) is 9.48. The third-order valence-corrected chi connectivity index (χ3v) is 7.31. The number of hydrogen-bond donors (Lipinski definition) is 2. The van der Waals surface area contributed by atoms with Gasteiger partial charge in [-0.25, -0.2) is 0 Å². The van der Waals surface area contributed by atoms with Crippen LogP contribution in [0.3, 0.4) is 0 Å².